The van der Waals surface area contributed by atoms with Crippen molar-refractivity contribution in [3.8, 4) is 0 Å². The fraction of sp³-hybridized carbons (Fsp3) is 1.00. The highest BCUT2D eigenvalue weighted by molar-refractivity contribution is 5.10. The molecule has 2 N–H and O–H groups in total. The number of rotatable bonds is 5. The lowest BCUT2D eigenvalue weighted by atomic mass is 9.44. The molecular formula is C27H48O2. The van der Waals surface area contributed by atoms with Crippen LogP contribution in [0.1, 0.15) is 105 Å². The molecule has 0 radical (unpaired) electrons. The normalized spacial score (nSPS) is 50.7. The molecule has 0 aliphatic heterocycles. The molecule has 2 nitrogen and oxygen atoms in total. The van der Waals surface area contributed by atoms with E-state index in [1.165, 1.54) is 57.8 Å². The second-order valence-electron chi connectivity index (χ2n) is 12.8. The Bertz CT molecular complexity index is 573. The van der Waals surface area contributed by atoms with Gasteiger partial charge < -0.3 is 10.2 Å². The first-order valence-electron chi connectivity index (χ1n) is 13.0. The Balaban J connectivity index is 1.47. The van der Waals surface area contributed by atoms with Crippen molar-refractivity contribution in [2.75, 3.05) is 0 Å². The summed E-state index contributed by atoms with van der Waals surface area (Å²) < 4.78 is 0. The number of aliphatic hydroxyl groups is 2. The lowest BCUT2D eigenvalue weighted by Gasteiger charge is -2.61. The van der Waals surface area contributed by atoms with Crippen LogP contribution in [0.2, 0.25) is 0 Å². The highest BCUT2D eigenvalue weighted by Crippen LogP contribution is 2.68. The Morgan fingerprint density at radius 2 is 1.55 bits per heavy atom. The van der Waals surface area contributed by atoms with Crippen LogP contribution in [-0.4, -0.2) is 22.4 Å². The van der Waals surface area contributed by atoms with Crippen molar-refractivity contribution in [1.82, 2.24) is 0 Å². The molecule has 168 valence electrons. The van der Waals surface area contributed by atoms with E-state index in [0.29, 0.717) is 11.3 Å². The summed E-state index contributed by atoms with van der Waals surface area (Å²) in [4.78, 5) is 0. The molecule has 10 atom stereocenters. The van der Waals surface area contributed by atoms with Crippen LogP contribution in [0, 0.1) is 52.3 Å². The lowest BCUT2D eigenvalue weighted by molar-refractivity contribution is -0.160. The van der Waals surface area contributed by atoms with Gasteiger partial charge in [-0.1, -0.05) is 53.9 Å². The number of hydrogen-bond acceptors (Lipinski definition) is 2. The summed E-state index contributed by atoms with van der Waals surface area (Å²) in [5.41, 5.74) is 0.804. The standard InChI is InChI=1S/C27H48O2/c1-17(2)7-6-8-18(3)21-11-12-22-20-10-9-19-15-24(28)25(29)16-27(19,5)23(20)13-14-26(21,22)4/h17-25,28-29H,6-16H2,1-5H3/t18-,19+,20-,21+,22-,23-,24-,25+,26-,27+/m1/s1. The molecule has 0 spiro atoms. The predicted octanol–water partition coefficient (Wildman–Crippen LogP) is 6.44. The van der Waals surface area contributed by atoms with E-state index < -0.39 is 12.2 Å². The predicted molar refractivity (Wildman–Crippen MR) is 120 cm³/mol. The van der Waals surface area contributed by atoms with Crippen LogP contribution in [0.25, 0.3) is 0 Å². The lowest BCUT2D eigenvalue weighted by Crippen LogP contribution is -2.56. The van der Waals surface area contributed by atoms with Crippen LogP contribution < -0.4 is 0 Å². The maximum absolute atomic E-state index is 10.5. The minimum Gasteiger partial charge on any atom is -0.390 e. The Hall–Kier alpha value is -0.0800. The van der Waals surface area contributed by atoms with Crippen molar-refractivity contribution in [3.05, 3.63) is 0 Å². The Morgan fingerprint density at radius 1 is 0.828 bits per heavy atom. The smallest absolute Gasteiger partial charge is 0.0804 e. The largest absolute Gasteiger partial charge is 0.390 e. The fourth-order valence-corrected chi connectivity index (χ4v) is 9.30. The van der Waals surface area contributed by atoms with Gasteiger partial charge in [0, 0.05) is 0 Å². The molecular weight excluding hydrogens is 356 g/mol. The third-order valence-electron chi connectivity index (χ3n) is 10.9. The van der Waals surface area contributed by atoms with Crippen molar-refractivity contribution in [2.24, 2.45) is 52.3 Å². The van der Waals surface area contributed by atoms with Crippen molar-refractivity contribution in [2.45, 2.75) is 117 Å². The summed E-state index contributed by atoms with van der Waals surface area (Å²) in [6.07, 6.45) is 13.2. The van der Waals surface area contributed by atoms with E-state index in [-0.39, 0.29) is 5.41 Å². The van der Waals surface area contributed by atoms with Crippen molar-refractivity contribution >= 4 is 0 Å². The average Bonchev–Trinajstić information content (AvgIpc) is 3.00. The monoisotopic (exact) mass is 404 g/mol. The van der Waals surface area contributed by atoms with Crippen LogP contribution in [0.4, 0.5) is 0 Å². The second-order valence-corrected chi connectivity index (χ2v) is 12.8. The molecule has 4 saturated carbocycles. The summed E-state index contributed by atoms with van der Waals surface area (Å²) >= 11 is 0. The molecule has 29 heavy (non-hydrogen) atoms. The maximum atomic E-state index is 10.5. The van der Waals surface area contributed by atoms with Gasteiger partial charge in [0.15, 0.2) is 0 Å². The van der Waals surface area contributed by atoms with E-state index in [1.807, 2.05) is 0 Å². The zero-order chi connectivity index (χ0) is 21.0. The Labute approximate surface area is 180 Å². The number of aliphatic hydroxyl groups excluding tert-OH is 2. The molecule has 4 rings (SSSR count). The minimum atomic E-state index is -0.499. The van der Waals surface area contributed by atoms with Gasteiger partial charge in [0.25, 0.3) is 0 Å². The van der Waals surface area contributed by atoms with Crippen LogP contribution >= 0.6 is 0 Å². The molecule has 0 bridgehead atoms. The van der Waals surface area contributed by atoms with Gasteiger partial charge in [-0.25, -0.2) is 0 Å². The molecule has 4 fully saturated rings. The van der Waals surface area contributed by atoms with E-state index in [0.717, 1.165) is 48.3 Å². The number of fused-ring (bicyclic) bond motifs is 5. The van der Waals surface area contributed by atoms with Crippen molar-refractivity contribution in [3.63, 3.8) is 0 Å². The van der Waals surface area contributed by atoms with Crippen LogP contribution in [-0.2, 0) is 0 Å². The third kappa shape index (κ3) is 3.73. The SMILES string of the molecule is CC(C)CCC[C@@H](C)[C@@H]1CC[C@@H]2[C@H]3CC[C@H]4C[C@@H](O)[C@@H](O)C[C@]4(C)[C@@H]3CC[C@@]21C. The first-order valence-corrected chi connectivity index (χ1v) is 13.0. The van der Waals surface area contributed by atoms with Gasteiger partial charge in [0.05, 0.1) is 12.2 Å². The van der Waals surface area contributed by atoms with E-state index in [2.05, 4.69) is 34.6 Å². The first-order chi connectivity index (χ1) is 13.7. The molecule has 0 saturated heterocycles. The van der Waals surface area contributed by atoms with Gasteiger partial charge in [-0.15, -0.1) is 0 Å². The summed E-state index contributed by atoms with van der Waals surface area (Å²) in [5, 5.41) is 20.8. The highest BCUT2D eigenvalue weighted by atomic mass is 16.3. The van der Waals surface area contributed by atoms with Crippen LogP contribution in [0.15, 0.2) is 0 Å². The van der Waals surface area contributed by atoms with Gasteiger partial charge >= 0.3 is 0 Å². The molecule has 0 unspecified atom stereocenters. The molecule has 0 heterocycles. The summed E-state index contributed by atoms with van der Waals surface area (Å²) in [5.74, 6) is 5.80. The van der Waals surface area contributed by atoms with E-state index >= 15 is 0 Å². The fourth-order valence-electron chi connectivity index (χ4n) is 9.30. The van der Waals surface area contributed by atoms with Crippen molar-refractivity contribution < 1.29 is 10.2 Å². The molecule has 0 amide bonds. The van der Waals surface area contributed by atoms with Crippen LogP contribution in [0.3, 0.4) is 0 Å². The van der Waals surface area contributed by atoms with Gasteiger partial charge in [-0.3, -0.25) is 0 Å². The zero-order valence-corrected chi connectivity index (χ0v) is 19.9. The van der Waals surface area contributed by atoms with Gasteiger partial charge in [0.1, 0.15) is 0 Å². The highest BCUT2D eigenvalue weighted by Gasteiger charge is 2.61. The second kappa shape index (κ2) is 8.12. The first kappa shape index (κ1) is 22.1. The summed E-state index contributed by atoms with van der Waals surface area (Å²) in [6.45, 7) is 12.4. The molecule has 0 aromatic heterocycles. The molecule has 0 aromatic carbocycles. The average molecular weight is 405 g/mol. The van der Waals surface area contributed by atoms with Gasteiger partial charge in [0.2, 0.25) is 0 Å². The number of hydrogen-bond donors (Lipinski definition) is 2. The Morgan fingerprint density at radius 3 is 2.28 bits per heavy atom. The van der Waals surface area contributed by atoms with E-state index in [9.17, 15) is 10.2 Å². The molecule has 0 aromatic rings. The maximum Gasteiger partial charge on any atom is 0.0804 e. The summed E-state index contributed by atoms with van der Waals surface area (Å²) in [6, 6.07) is 0. The molecule has 2 heteroatoms. The van der Waals surface area contributed by atoms with E-state index in [4.69, 9.17) is 0 Å². The van der Waals surface area contributed by atoms with Gasteiger partial charge in [-0.05, 0) is 104 Å². The third-order valence-corrected chi connectivity index (χ3v) is 10.9. The zero-order valence-electron chi connectivity index (χ0n) is 19.9. The summed E-state index contributed by atoms with van der Waals surface area (Å²) in [7, 11) is 0. The topological polar surface area (TPSA) is 40.5 Å². The molecule has 4 aliphatic carbocycles. The van der Waals surface area contributed by atoms with Crippen molar-refractivity contribution in [1.29, 1.82) is 0 Å². The van der Waals surface area contributed by atoms with E-state index in [1.54, 1.807) is 0 Å². The van der Waals surface area contributed by atoms with Crippen LogP contribution in [0.5, 0.6) is 0 Å². The molecule has 4 aliphatic rings. The van der Waals surface area contributed by atoms with Gasteiger partial charge in [-0.2, -0.15) is 0 Å². The quantitative estimate of drug-likeness (QED) is 0.553. The minimum absolute atomic E-state index is 0.254. The Kier molecular flexibility index (Phi) is 6.19.